The molecule has 1 heterocycles. The highest BCUT2D eigenvalue weighted by atomic mass is 35.5. The summed E-state index contributed by atoms with van der Waals surface area (Å²) in [7, 11) is 0. The Balaban J connectivity index is 1.68. The number of nitrogens with one attached hydrogen (secondary N) is 1. The molecule has 0 amide bonds. The van der Waals surface area contributed by atoms with Crippen molar-refractivity contribution < 1.29 is 4.74 Å². The van der Waals surface area contributed by atoms with Gasteiger partial charge in [-0.15, -0.1) is 0 Å². The zero-order valence-electron chi connectivity index (χ0n) is 10.6. The van der Waals surface area contributed by atoms with E-state index < -0.39 is 0 Å². The predicted molar refractivity (Wildman–Crippen MR) is 74.5 cm³/mol. The number of ether oxygens (including phenoxy) is 1. The molecule has 0 aromatic heterocycles. The summed E-state index contributed by atoms with van der Waals surface area (Å²) in [5.74, 6) is 2.30. The van der Waals surface area contributed by atoms with E-state index in [1.54, 1.807) is 0 Å². The Morgan fingerprint density at radius 1 is 1.22 bits per heavy atom. The summed E-state index contributed by atoms with van der Waals surface area (Å²) >= 11 is 6.19. The number of hydrogen-bond acceptors (Lipinski definition) is 2. The van der Waals surface area contributed by atoms with Crippen molar-refractivity contribution in [2.45, 2.75) is 31.6 Å². The van der Waals surface area contributed by atoms with E-state index in [1.165, 1.54) is 31.2 Å². The van der Waals surface area contributed by atoms with Gasteiger partial charge in [-0.3, -0.25) is 0 Å². The van der Waals surface area contributed by atoms with Crippen LogP contribution in [0.5, 0.6) is 5.75 Å². The van der Waals surface area contributed by atoms with Crippen LogP contribution in [0.15, 0.2) is 18.2 Å². The van der Waals surface area contributed by atoms with Crippen LogP contribution in [0.3, 0.4) is 0 Å². The van der Waals surface area contributed by atoms with E-state index >= 15 is 0 Å². The van der Waals surface area contributed by atoms with Crippen molar-refractivity contribution in [2.75, 3.05) is 19.7 Å². The largest absolute Gasteiger partial charge is 0.493 e. The maximum atomic E-state index is 6.19. The van der Waals surface area contributed by atoms with Gasteiger partial charge in [0.2, 0.25) is 0 Å². The molecular formula is C15H20ClNO. The Morgan fingerprint density at radius 3 is 2.78 bits per heavy atom. The summed E-state index contributed by atoms with van der Waals surface area (Å²) in [6, 6.07) is 6.18. The molecule has 2 aliphatic rings. The molecule has 3 heteroatoms. The molecule has 1 saturated carbocycles. The second-order valence-corrected chi connectivity index (χ2v) is 5.95. The van der Waals surface area contributed by atoms with Crippen LogP contribution in [0.25, 0.3) is 0 Å². The molecular weight excluding hydrogens is 246 g/mol. The van der Waals surface area contributed by atoms with E-state index in [0.29, 0.717) is 5.92 Å². The van der Waals surface area contributed by atoms with Crippen molar-refractivity contribution in [2.24, 2.45) is 5.92 Å². The Hall–Kier alpha value is -0.730. The monoisotopic (exact) mass is 265 g/mol. The van der Waals surface area contributed by atoms with Crippen molar-refractivity contribution in [3.63, 3.8) is 0 Å². The first-order valence-corrected chi connectivity index (χ1v) is 7.33. The molecule has 18 heavy (non-hydrogen) atoms. The molecule has 0 radical (unpaired) electrons. The molecule has 1 aromatic carbocycles. The van der Waals surface area contributed by atoms with E-state index in [1.807, 2.05) is 6.07 Å². The van der Waals surface area contributed by atoms with Crippen LogP contribution in [0.1, 0.15) is 37.2 Å². The molecule has 1 aliphatic carbocycles. The lowest BCUT2D eigenvalue weighted by Crippen LogP contribution is -2.19. The Kier molecular flexibility index (Phi) is 3.76. The molecule has 1 atom stereocenters. The van der Waals surface area contributed by atoms with Gasteiger partial charge in [-0.1, -0.05) is 18.0 Å². The van der Waals surface area contributed by atoms with Crippen LogP contribution in [-0.2, 0) is 0 Å². The van der Waals surface area contributed by atoms with Crippen molar-refractivity contribution >= 4 is 11.6 Å². The van der Waals surface area contributed by atoms with Gasteiger partial charge < -0.3 is 10.1 Å². The number of hydrogen-bond donors (Lipinski definition) is 1. The third-order valence-corrected chi connectivity index (χ3v) is 4.35. The highest BCUT2D eigenvalue weighted by Crippen LogP contribution is 2.31. The van der Waals surface area contributed by atoms with E-state index in [-0.39, 0.29) is 0 Å². The molecule has 2 fully saturated rings. The lowest BCUT2D eigenvalue weighted by Gasteiger charge is -2.25. The van der Waals surface area contributed by atoms with E-state index in [9.17, 15) is 0 Å². The first kappa shape index (κ1) is 12.3. The van der Waals surface area contributed by atoms with Gasteiger partial charge in [0.1, 0.15) is 5.75 Å². The normalized spacial score (nSPS) is 23.9. The summed E-state index contributed by atoms with van der Waals surface area (Å²) in [4.78, 5) is 0. The summed E-state index contributed by atoms with van der Waals surface area (Å²) in [6.45, 7) is 3.01. The van der Waals surface area contributed by atoms with Crippen LogP contribution < -0.4 is 10.1 Å². The highest BCUT2D eigenvalue weighted by Gasteiger charge is 2.20. The van der Waals surface area contributed by atoms with Crippen molar-refractivity contribution in [1.29, 1.82) is 0 Å². The number of rotatable bonds is 4. The third kappa shape index (κ3) is 2.81. The van der Waals surface area contributed by atoms with Gasteiger partial charge in [-0.05, 0) is 61.4 Å². The van der Waals surface area contributed by atoms with E-state index in [2.05, 4.69) is 17.4 Å². The maximum Gasteiger partial charge on any atom is 0.121 e. The Labute approximate surface area is 114 Å². The average Bonchev–Trinajstić information content (AvgIpc) is 2.79. The fourth-order valence-electron chi connectivity index (χ4n) is 2.72. The molecule has 1 N–H and O–H groups in total. The summed E-state index contributed by atoms with van der Waals surface area (Å²) < 4.78 is 5.89. The van der Waals surface area contributed by atoms with Crippen molar-refractivity contribution in [3.8, 4) is 5.75 Å². The minimum Gasteiger partial charge on any atom is -0.493 e. The maximum absolute atomic E-state index is 6.19. The fourth-order valence-corrected chi connectivity index (χ4v) is 2.95. The Morgan fingerprint density at radius 2 is 2.11 bits per heavy atom. The number of benzene rings is 1. The molecule has 98 valence electrons. The molecule has 0 spiro atoms. The zero-order chi connectivity index (χ0) is 12.4. The summed E-state index contributed by atoms with van der Waals surface area (Å²) in [5, 5.41) is 4.19. The predicted octanol–water partition coefficient (Wildman–Crippen LogP) is 3.60. The topological polar surface area (TPSA) is 21.3 Å². The summed E-state index contributed by atoms with van der Waals surface area (Å²) in [5.41, 5.74) is 1.32. The average molecular weight is 266 g/mol. The van der Waals surface area contributed by atoms with Gasteiger partial charge in [0, 0.05) is 11.6 Å². The van der Waals surface area contributed by atoms with Crippen molar-refractivity contribution in [1.82, 2.24) is 5.32 Å². The lowest BCUT2D eigenvalue weighted by molar-refractivity contribution is 0.180. The van der Waals surface area contributed by atoms with Gasteiger partial charge in [0.25, 0.3) is 0 Å². The van der Waals surface area contributed by atoms with Crippen molar-refractivity contribution in [3.05, 3.63) is 28.8 Å². The molecule has 1 saturated heterocycles. The zero-order valence-corrected chi connectivity index (χ0v) is 11.4. The smallest absolute Gasteiger partial charge is 0.121 e. The third-order valence-electron chi connectivity index (χ3n) is 4.14. The SMILES string of the molecule is Clc1cc(OCC2CCC2)cc(C2CCNC2)c1. The van der Waals surface area contributed by atoms with Crippen LogP contribution in [0, 0.1) is 5.92 Å². The lowest BCUT2D eigenvalue weighted by atomic mass is 9.86. The standard InChI is InChI=1S/C15H20ClNO/c16-14-6-13(12-4-5-17-9-12)7-15(8-14)18-10-11-2-1-3-11/h6-8,11-12,17H,1-5,9-10H2. The molecule has 1 aromatic rings. The van der Waals surface area contributed by atoms with E-state index in [4.69, 9.17) is 16.3 Å². The van der Waals surface area contributed by atoms with Gasteiger partial charge >= 0.3 is 0 Å². The number of halogens is 1. The van der Waals surface area contributed by atoms with Crippen LogP contribution in [0.2, 0.25) is 5.02 Å². The van der Waals surface area contributed by atoms with Gasteiger partial charge in [0.15, 0.2) is 0 Å². The minimum atomic E-state index is 0.592. The first-order valence-electron chi connectivity index (χ1n) is 6.95. The van der Waals surface area contributed by atoms with E-state index in [0.717, 1.165) is 36.4 Å². The van der Waals surface area contributed by atoms with Crippen LogP contribution in [-0.4, -0.2) is 19.7 Å². The van der Waals surface area contributed by atoms with Gasteiger partial charge in [-0.25, -0.2) is 0 Å². The molecule has 1 aliphatic heterocycles. The van der Waals surface area contributed by atoms with Crippen LogP contribution in [0.4, 0.5) is 0 Å². The van der Waals surface area contributed by atoms with Gasteiger partial charge in [0.05, 0.1) is 6.61 Å². The molecule has 1 unspecified atom stereocenters. The fraction of sp³-hybridized carbons (Fsp3) is 0.600. The van der Waals surface area contributed by atoms with Gasteiger partial charge in [-0.2, -0.15) is 0 Å². The molecule has 3 rings (SSSR count). The first-order chi connectivity index (χ1) is 8.81. The summed E-state index contributed by atoms with van der Waals surface area (Å²) in [6.07, 6.45) is 5.20. The molecule has 0 bridgehead atoms. The minimum absolute atomic E-state index is 0.592. The second-order valence-electron chi connectivity index (χ2n) is 5.52. The molecule has 2 nitrogen and oxygen atoms in total. The Bertz CT molecular complexity index is 411. The quantitative estimate of drug-likeness (QED) is 0.898. The highest BCUT2D eigenvalue weighted by molar-refractivity contribution is 6.30. The van der Waals surface area contributed by atoms with Crippen LogP contribution >= 0.6 is 11.6 Å². The second kappa shape index (κ2) is 5.50.